The van der Waals surface area contributed by atoms with Crippen molar-refractivity contribution in [1.82, 2.24) is 4.31 Å². The van der Waals surface area contributed by atoms with Gasteiger partial charge in [0.05, 0.1) is 18.9 Å². The maximum Gasteiger partial charge on any atom is 0.335 e. The number of nitrogens with one attached hydrogen (secondary N) is 1. The summed E-state index contributed by atoms with van der Waals surface area (Å²) in [5, 5.41) is 12.6. The van der Waals surface area contributed by atoms with Gasteiger partial charge in [-0.15, -0.1) is 0 Å². The number of para-hydroxylation sites is 2. The first kappa shape index (κ1) is 15.7. The van der Waals surface area contributed by atoms with Gasteiger partial charge in [-0.05, 0) is 12.1 Å². The van der Waals surface area contributed by atoms with E-state index in [2.05, 4.69) is 5.32 Å². The van der Waals surface area contributed by atoms with E-state index in [9.17, 15) is 13.5 Å². The zero-order chi connectivity index (χ0) is 14.5. The van der Waals surface area contributed by atoms with Crippen LogP contribution in [0.4, 0.5) is 5.69 Å². The number of anilines is 1. The number of hydrogen-bond donors (Lipinski definition) is 3. The Balaban J connectivity index is 2.53. The van der Waals surface area contributed by atoms with E-state index in [1.54, 1.807) is 12.1 Å². The zero-order valence-electron chi connectivity index (χ0n) is 10.8. The molecule has 0 aromatic heterocycles. The molecule has 1 atom stereocenters. The SMILES string of the molecule is COc1ccccc1NCC(O)CN(C)S(=O)(=O)O. The third-order valence-electron chi connectivity index (χ3n) is 2.50. The zero-order valence-corrected chi connectivity index (χ0v) is 11.6. The highest BCUT2D eigenvalue weighted by Gasteiger charge is 2.17. The molecule has 0 amide bonds. The summed E-state index contributed by atoms with van der Waals surface area (Å²) >= 11 is 0. The number of likely N-dealkylation sites (N-methyl/N-ethyl adjacent to an activating group) is 1. The Morgan fingerprint density at radius 1 is 1.42 bits per heavy atom. The average molecular weight is 290 g/mol. The number of aliphatic hydroxyl groups is 1. The molecule has 0 heterocycles. The molecule has 0 aliphatic carbocycles. The van der Waals surface area contributed by atoms with Gasteiger partial charge in [0, 0.05) is 20.1 Å². The van der Waals surface area contributed by atoms with Crippen molar-refractivity contribution in [2.24, 2.45) is 0 Å². The summed E-state index contributed by atoms with van der Waals surface area (Å²) in [4.78, 5) is 0. The minimum atomic E-state index is -4.27. The smallest absolute Gasteiger partial charge is 0.335 e. The van der Waals surface area contributed by atoms with Crippen molar-refractivity contribution < 1.29 is 22.8 Å². The first-order valence-electron chi connectivity index (χ1n) is 5.58. The molecular formula is C11H18N2O5S. The molecule has 0 fully saturated rings. The predicted octanol–water partition coefficient (Wildman–Crippen LogP) is 0.203. The molecule has 1 aromatic rings. The Labute approximate surface area is 112 Å². The lowest BCUT2D eigenvalue weighted by atomic mass is 10.2. The second-order valence-electron chi connectivity index (χ2n) is 3.99. The van der Waals surface area contributed by atoms with E-state index < -0.39 is 16.4 Å². The number of nitrogens with zero attached hydrogens (tertiary/aromatic N) is 1. The summed E-state index contributed by atoms with van der Waals surface area (Å²) in [6.45, 7) is -0.0821. The first-order valence-corrected chi connectivity index (χ1v) is 6.98. The summed E-state index contributed by atoms with van der Waals surface area (Å²) < 4.78 is 36.1. The quantitative estimate of drug-likeness (QED) is 0.621. The lowest BCUT2D eigenvalue weighted by Gasteiger charge is -2.18. The Morgan fingerprint density at radius 2 is 2.05 bits per heavy atom. The number of hydrogen-bond acceptors (Lipinski definition) is 5. The minimum absolute atomic E-state index is 0.125. The normalized spacial score (nSPS) is 13.3. The van der Waals surface area contributed by atoms with Crippen LogP contribution in [0.1, 0.15) is 0 Å². The van der Waals surface area contributed by atoms with Crippen LogP contribution in [0, 0.1) is 0 Å². The summed E-state index contributed by atoms with van der Waals surface area (Å²) in [6.07, 6.45) is -0.961. The van der Waals surface area contributed by atoms with E-state index in [1.165, 1.54) is 14.2 Å². The van der Waals surface area contributed by atoms with E-state index in [1.807, 2.05) is 12.1 Å². The van der Waals surface area contributed by atoms with Gasteiger partial charge in [-0.2, -0.15) is 12.7 Å². The Hall–Kier alpha value is -1.35. The maximum atomic E-state index is 10.8. The molecule has 0 radical (unpaired) electrons. The largest absolute Gasteiger partial charge is 0.495 e. The average Bonchev–Trinajstić information content (AvgIpc) is 2.35. The summed E-state index contributed by atoms with van der Waals surface area (Å²) in [5.41, 5.74) is 0.693. The third-order valence-corrected chi connectivity index (χ3v) is 3.43. The van der Waals surface area contributed by atoms with E-state index in [0.29, 0.717) is 15.7 Å². The van der Waals surface area contributed by atoms with Crippen LogP contribution in [0.5, 0.6) is 5.75 Å². The highest BCUT2D eigenvalue weighted by Crippen LogP contribution is 2.22. The fourth-order valence-corrected chi connectivity index (χ4v) is 1.83. The van der Waals surface area contributed by atoms with Gasteiger partial charge in [-0.25, -0.2) is 0 Å². The van der Waals surface area contributed by atoms with Crippen LogP contribution in [0.25, 0.3) is 0 Å². The lowest BCUT2D eigenvalue weighted by Crippen LogP contribution is -2.37. The van der Waals surface area contributed by atoms with Gasteiger partial charge < -0.3 is 15.2 Å². The number of aliphatic hydroxyl groups excluding tert-OH is 1. The van der Waals surface area contributed by atoms with Crippen LogP contribution in [0.15, 0.2) is 24.3 Å². The maximum absolute atomic E-state index is 10.8. The van der Waals surface area contributed by atoms with Crippen molar-refractivity contribution in [2.75, 3.05) is 32.6 Å². The Kier molecular flexibility index (Phi) is 5.55. The molecule has 0 spiro atoms. The number of benzene rings is 1. The molecule has 108 valence electrons. The van der Waals surface area contributed by atoms with Crippen LogP contribution in [-0.2, 0) is 10.3 Å². The Morgan fingerprint density at radius 3 is 2.63 bits per heavy atom. The van der Waals surface area contributed by atoms with Gasteiger partial charge in [0.15, 0.2) is 0 Å². The molecule has 0 aliphatic rings. The van der Waals surface area contributed by atoms with Crippen molar-refractivity contribution >= 4 is 16.0 Å². The highest BCUT2D eigenvalue weighted by atomic mass is 32.2. The van der Waals surface area contributed by atoms with Gasteiger partial charge in [0.2, 0.25) is 0 Å². The summed E-state index contributed by atoms with van der Waals surface area (Å²) in [6, 6.07) is 7.16. The van der Waals surface area contributed by atoms with E-state index in [4.69, 9.17) is 9.29 Å². The minimum Gasteiger partial charge on any atom is -0.495 e. The van der Waals surface area contributed by atoms with Gasteiger partial charge in [-0.3, -0.25) is 4.55 Å². The lowest BCUT2D eigenvalue weighted by molar-refractivity contribution is 0.161. The van der Waals surface area contributed by atoms with Crippen LogP contribution in [0.3, 0.4) is 0 Å². The fourth-order valence-electron chi connectivity index (χ4n) is 1.47. The van der Waals surface area contributed by atoms with Crippen LogP contribution < -0.4 is 10.1 Å². The number of ether oxygens (including phenoxy) is 1. The van der Waals surface area contributed by atoms with Crippen molar-refractivity contribution in [3.05, 3.63) is 24.3 Å². The van der Waals surface area contributed by atoms with Crippen molar-refractivity contribution in [3.63, 3.8) is 0 Å². The molecular weight excluding hydrogens is 272 g/mol. The summed E-state index contributed by atoms with van der Waals surface area (Å²) in [5.74, 6) is 0.623. The van der Waals surface area contributed by atoms with Crippen molar-refractivity contribution in [3.8, 4) is 5.75 Å². The van der Waals surface area contributed by atoms with Gasteiger partial charge >= 0.3 is 10.3 Å². The fraction of sp³-hybridized carbons (Fsp3) is 0.455. The molecule has 1 rings (SSSR count). The Bertz CT molecular complexity index is 506. The summed E-state index contributed by atoms with van der Waals surface area (Å²) in [7, 11) is -1.56. The third kappa shape index (κ3) is 5.03. The van der Waals surface area contributed by atoms with Crippen molar-refractivity contribution in [1.29, 1.82) is 0 Å². The second-order valence-corrected chi connectivity index (χ2v) is 5.51. The molecule has 0 saturated heterocycles. The second kappa shape index (κ2) is 6.71. The van der Waals surface area contributed by atoms with E-state index >= 15 is 0 Å². The first-order chi connectivity index (χ1) is 8.84. The molecule has 8 heteroatoms. The van der Waals surface area contributed by atoms with E-state index in [0.717, 1.165) is 0 Å². The highest BCUT2D eigenvalue weighted by molar-refractivity contribution is 7.83. The number of methoxy groups -OCH3 is 1. The molecule has 3 N–H and O–H groups in total. The molecule has 0 aliphatic heterocycles. The molecule has 19 heavy (non-hydrogen) atoms. The standard InChI is InChI=1S/C11H18N2O5S/c1-13(19(15,16)17)8-9(14)7-12-10-5-3-4-6-11(10)18-2/h3-6,9,12,14H,7-8H2,1-2H3,(H,15,16,17). The van der Waals surface area contributed by atoms with Gasteiger partial charge in [0.1, 0.15) is 5.75 Å². The van der Waals surface area contributed by atoms with E-state index in [-0.39, 0.29) is 13.1 Å². The van der Waals surface area contributed by atoms with Gasteiger partial charge in [0.25, 0.3) is 0 Å². The number of rotatable bonds is 7. The van der Waals surface area contributed by atoms with Crippen molar-refractivity contribution in [2.45, 2.75) is 6.10 Å². The monoisotopic (exact) mass is 290 g/mol. The molecule has 0 bridgehead atoms. The predicted molar refractivity (Wildman–Crippen MR) is 71.7 cm³/mol. The van der Waals surface area contributed by atoms with Gasteiger partial charge in [-0.1, -0.05) is 12.1 Å². The van der Waals surface area contributed by atoms with Crippen LogP contribution >= 0.6 is 0 Å². The molecule has 1 aromatic carbocycles. The van der Waals surface area contributed by atoms with Crippen LogP contribution in [0.2, 0.25) is 0 Å². The molecule has 0 saturated carbocycles. The molecule has 7 nitrogen and oxygen atoms in total. The molecule has 1 unspecified atom stereocenters. The topological polar surface area (TPSA) is 99.1 Å². The van der Waals surface area contributed by atoms with Crippen LogP contribution in [-0.4, -0.2) is 55.7 Å².